The molecule has 1 aromatic carbocycles. The molecule has 0 spiro atoms. The zero-order chi connectivity index (χ0) is 22.0. The van der Waals surface area contributed by atoms with Gasteiger partial charge in [0.1, 0.15) is 15.5 Å². The first-order valence-corrected chi connectivity index (χ1v) is 13.6. The number of sulfone groups is 1. The molecule has 1 unspecified atom stereocenters. The molecule has 4 heterocycles. The molecular formula is C24H31N5O2S. The number of hydrogen-bond acceptors (Lipinski definition) is 5. The van der Waals surface area contributed by atoms with Crippen LogP contribution in [0.1, 0.15) is 42.7 Å². The second-order valence-corrected chi connectivity index (χ2v) is 12.5. The van der Waals surface area contributed by atoms with E-state index in [2.05, 4.69) is 34.2 Å². The van der Waals surface area contributed by atoms with Crippen molar-refractivity contribution in [1.82, 2.24) is 24.5 Å². The Morgan fingerprint density at radius 2 is 1.72 bits per heavy atom. The van der Waals surface area contributed by atoms with Crippen LogP contribution in [0.25, 0.3) is 16.6 Å². The van der Waals surface area contributed by atoms with Gasteiger partial charge in [0.15, 0.2) is 0 Å². The van der Waals surface area contributed by atoms with Crippen LogP contribution in [0, 0.1) is 18.8 Å². The average molecular weight is 454 g/mol. The molecule has 2 saturated heterocycles. The fraction of sp³-hybridized carbons (Fsp3) is 0.583. The smallest absolute Gasteiger partial charge is 0.150 e. The first-order valence-electron chi connectivity index (χ1n) is 11.8. The van der Waals surface area contributed by atoms with Crippen LogP contribution in [0.5, 0.6) is 0 Å². The van der Waals surface area contributed by atoms with Gasteiger partial charge in [0.25, 0.3) is 0 Å². The molecule has 3 atom stereocenters. The van der Waals surface area contributed by atoms with E-state index < -0.39 is 9.84 Å². The van der Waals surface area contributed by atoms with Gasteiger partial charge in [-0.05, 0) is 73.6 Å². The van der Waals surface area contributed by atoms with Crippen LogP contribution in [-0.2, 0) is 16.9 Å². The molecule has 7 nitrogen and oxygen atoms in total. The molecular weight excluding hydrogens is 422 g/mol. The van der Waals surface area contributed by atoms with Crippen LogP contribution in [0.4, 0.5) is 0 Å². The lowest BCUT2D eigenvalue weighted by molar-refractivity contribution is 0.208. The summed E-state index contributed by atoms with van der Waals surface area (Å²) >= 11 is 0. The molecule has 32 heavy (non-hydrogen) atoms. The molecule has 8 heteroatoms. The van der Waals surface area contributed by atoms with Gasteiger partial charge >= 0.3 is 0 Å². The molecule has 2 aromatic heterocycles. The SMILES string of the molecule is Cc1cc2cnn(-c3cnn(C)c3)c2cc1C1C[C@@H]2CN(C3CCS(=O)(=O)CC3)C[C@@H]2C1. The molecule has 1 saturated carbocycles. The van der Waals surface area contributed by atoms with Crippen LogP contribution in [0.3, 0.4) is 0 Å². The molecule has 0 amide bonds. The topological polar surface area (TPSA) is 73.0 Å². The molecule has 3 aliphatic rings. The first-order chi connectivity index (χ1) is 15.4. The Morgan fingerprint density at radius 3 is 2.38 bits per heavy atom. The minimum Gasteiger partial charge on any atom is -0.300 e. The summed E-state index contributed by atoms with van der Waals surface area (Å²) in [6.45, 7) is 4.51. The van der Waals surface area contributed by atoms with Gasteiger partial charge in [0.05, 0.1) is 35.6 Å². The summed E-state index contributed by atoms with van der Waals surface area (Å²) in [6.07, 6.45) is 9.91. The van der Waals surface area contributed by atoms with Crippen LogP contribution in [-0.4, -0.2) is 63.5 Å². The minimum atomic E-state index is -2.79. The maximum absolute atomic E-state index is 11.8. The maximum atomic E-state index is 11.8. The van der Waals surface area contributed by atoms with Gasteiger partial charge < -0.3 is 0 Å². The number of benzene rings is 1. The van der Waals surface area contributed by atoms with Crippen molar-refractivity contribution >= 4 is 20.7 Å². The normalized spacial score (nSPS) is 28.5. The largest absolute Gasteiger partial charge is 0.300 e. The van der Waals surface area contributed by atoms with Crippen LogP contribution in [0.15, 0.2) is 30.7 Å². The van der Waals surface area contributed by atoms with E-state index in [4.69, 9.17) is 0 Å². The summed E-state index contributed by atoms with van der Waals surface area (Å²) in [5.74, 6) is 2.81. The standard InChI is InChI=1S/C24H31N5O2S/c1-16-7-18-11-26-29(22-12-25-27(2)15-22)24(18)10-23(16)17-8-19-13-28(14-20(19)9-17)21-3-5-32(30,31)6-4-21/h7,10-12,15,17,19-21H,3-6,8-9,13-14H2,1-2H3/t17?,19-,20+. The van der Waals surface area contributed by atoms with Gasteiger partial charge in [-0.2, -0.15) is 10.2 Å². The zero-order valence-electron chi connectivity index (χ0n) is 18.8. The highest BCUT2D eigenvalue weighted by atomic mass is 32.2. The monoisotopic (exact) mass is 453 g/mol. The van der Waals surface area contributed by atoms with Crippen molar-refractivity contribution in [1.29, 1.82) is 0 Å². The predicted octanol–water partition coefficient (Wildman–Crippen LogP) is 3.07. The van der Waals surface area contributed by atoms with E-state index in [1.54, 1.807) is 0 Å². The fourth-order valence-corrected chi connectivity index (χ4v) is 7.96. The molecule has 2 aliphatic heterocycles. The van der Waals surface area contributed by atoms with Gasteiger partial charge in [-0.3, -0.25) is 9.58 Å². The van der Waals surface area contributed by atoms with Crippen molar-refractivity contribution in [2.75, 3.05) is 24.6 Å². The summed E-state index contributed by atoms with van der Waals surface area (Å²) < 4.78 is 27.4. The number of aryl methyl sites for hydroxylation is 2. The molecule has 6 rings (SSSR count). The van der Waals surface area contributed by atoms with E-state index in [1.807, 2.05) is 35.0 Å². The van der Waals surface area contributed by atoms with Crippen molar-refractivity contribution in [2.24, 2.45) is 18.9 Å². The van der Waals surface area contributed by atoms with Crippen molar-refractivity contribution in [2.45, 2.75) is 44.6 Å². The molecule has 170 valence electrons. The summed E-state index contributed by atoms with van der Waals surface area (Å²) in [5, 5.41) is 10.1. The Labute approximate surface area is 189 Å². The van der Waals surface area contributed by atoms with Crippen LogP contribution < -0.4 is 0 Å². The number of hydrogen-bond donors (Lipinski definition) is 0. The highest BCUT2D eigenvalue weighted by Crippen LogP contribution is 2.48. The number of rotatable bonds is 3. The Kier molecular flexibility index (Phi) is 4.73. The van der Waals surface area contributed by atoms with Crippen LogP contribution in [0.2, 0.25) is 0 Å². The van der Waals surface area contributed by atoms with Gasteiger partial charge in [-0.15, -0.1) is 0 Å². The highest BCUT2D eigenvalue weighted by Gasteiger charge is 2.44. The average Bonchev–Trinajstić information content (AvgIpc) is 3.50. The predicted molar refractivity (Wildman–Crippen MR) is 125 cm³/mol. The third kappa shape index (κ3) is 3.48. The van der Waals surface area contributed by atoms with Gasteiger partial charge in [0.2, 0.25) is 0 Å². The lowest BCUT2D eigenvalue weighted by Gasteiger charge is -2.32. The number of nitrogens with zero attached hydrogens (tertiary/aromatic N) is 5. The number of likely N-dealkylation sites (tertiary alicyclic amines) is 1. The second-order valence-electron chi connectivity index (χ2n) is 10.2. The lowest BCUT2D eigenvalue weighted by Crippen LogP contribution is -2.40. The molecule has 0 radical (unpaired) electrons. The summed E-state index contributed by atoms with van der Waals surface area (Å²) in [4.78, 5) is 2.60. The van der Waals surface area contributed by atoms with Crippen molar-refractivity contribution in [3.63, 3.8) is 0 Å². The summed E-state index contributed by atoms with van der Waals surface area (Å²) in [7, 11) is -0.860. The molecule has 3 aromatic rings. The Bertz CT molecular complexity index is 1250. The fourth-order valence-electron chi connectivity index (χ4n) is 6.50. The maximum Gasteiger partial charge on any atom is 0.150 e. The third-order valence-electron chi connectivity index (χ3n) is 8.15. The summed E-state index contributed by atoms with van der Waals surface area (Å²) in [6, 6.07) is 5.11. The van der Waals surface area contributed by atoms with E-state index >= 15 is 0 Å². The minimum absolute atomic E-state index is 0.371. The first kappa shape index (κ1) is 20.4. The Morgan fingerprint density at radius 1 is 1.00 bits per heavy atom. The van der Waals surface area contributed by atoms with E-state index in [-0.39, 0.29) is 0 Å². The van der Waals surface area contributed by atoms with Crippen molar-refractivity contribution in [3.8, 4) is 5.69 Å². The second kappa shape index (κ2) is 7.42. The Balaban J connectivity index is 1.21. The molecule has 3 fully saturated rings. The Hall–Kier alpha value is -2.19. The van der Waals surface area contributed by atoms with Gasteiger partial charge in [0, 0.05) is 31.6 Å². The van der Waals surface area contributed by atoms with Crippen molar-refractivity contribution in [3.05, 3.63) is 41.9 Å². The quantitative estimate of drug-likeness (QED) is 0.609. The van der Waals surface area contributed by atoms with E-state index in [9.17, 15) is 8.42 Å². The third-order valence-corrected chi connectivity index (χ3v) is 9.87. The van der Waals surface area contributed by atoms with E-state index in [0.717, 1.165) is 49.0 Å². The van der Waals surface area contributed by atoms with Gasteiger partial charge in [-0.1, -0.05) is 0 Å². The zero-order valence-corrected chi connectivity index (χ0v) is 19.6. The highest BCUT2D eigenvalue weighted by molar-refractivity contribution is 7.91. The molecule has 0 bridgehead atoms. The molecule has 1 aliphatic carbocycles. The summed E-state index contributed by atoms with van der Waals surface area (Å²) in [5.41, 5.74) is 4.97. The van der Waals surface area contributed by atoms with E-state index in [1.165, 1.54) is 29.4 Å². The number of fused-ring (bicyclic) bond motifs is 2. The number of aromatic nitrogens is 4. The van der Waals surface area contributed by atoms with Crippen LogP contribution >= 0.6 is 0 Å². The molecule has 0 N–H and O–H groups in total. The lowest BCUT2D eigenvalue weighted by atomic mass is 9.91. The van der Waals surface area contributed by atoms with E-state index in [0.29, 0.717) is 23.5 Å². The van der Waals surface area contributed by atoms with Gasteiger partial charge in [-0.25, -0.2) is 13.1 Å². The van der Waals surface area contributed by atoms with Crippen molar-refractivity contribution < 1.29 is 8.42 Å².